The third-order valence-electron chi connectivity index (χ3n) is 3.97. The molecule has 122 valence electrons. The number of hydrogen-bond donors (Lipinski definition) is 1. The zero-order valence-corrected chi connectivity index (χ0v) is 14.3. The summed E-state index contributed by atoms with van der Waals surface area (Å²) in [4.78, 5) is 8.93. The normalized spacial score (nSPS) is 13.2. The van der Waals surface area contributed by atoms with Crippen molar-refractivity contribution in [2.45, 2.75) is 6.92 Å². The Morgan fingerprint density at radius 2 is 1.80 bits per heavy atom. The van der Waals surface area contributed by atoms with Gasteiger partial charge in [-0.3, -0.25) is 10.4 Å². The first-order valence-electron chi connectivity index (χ1n) is 7.90. The second kappa shape index (κ2) is 6.49. The number of nitrogens with one attached hydrogen (secondary N) is 1. The second-order valence-electron chi connectivity index (χ2n) is 5.80. The van der Waals surface area contributed by atoms with Crippen LogP contribution in [0.15, 0.2) is 77.1 Å². The van der Waals surface area contributed by atoms with Crippen molar-refractivity contribution in [3.63, 3.8) is 0 Å². The minimum absolute atomic E-state index is 0.669. The van der Waals surface area contributed by atoms with Gasteiger partial charge in [0.1, 0.15) is 0 Å². The van der Waals surface area contributed by atoms with E-state index in [-0.39, 0.29) is 0 Å². The van der Waals surface area contributed by atoms with Gasteiger partial charge in [-0.2, -0.15) is 5.10 Å². The molecule has 2 heterocycles. The number of amidine groups is 1. The van der Waals surface area contributed by atoms with Crippen LogP contribution in [0, 0.1) is 6.92 Å². The van der Waals surface area contributed by atoms with Crippen LogP contribution in [-0.2, 0) is 0 Å². The molecule has 5 heteroatoms. The van der Waals surface area contributed by atoms with Crippen LogP contribution in [0.25, 0.3) is 0 Å². The summed E-state index contributed by atoms with van der Waals surface area (Å²) < 4.78 is 0. The number of aryl methyl sites for hydroxylation is 1. The highest BCUT2D eigenvalue weighted by Gasteiger charge is 2.17. The zero-order chi connectivity index (χ0) is 17.2. The van der Waals surface area contributed by atoms with E-state index in [1.807, 2.05) is 48.5 Å². The van der Waals surface area contributed by atoms with Gasteiger partial charge in [0, 0.05) is 34.1 Å². The first kappa shape index (κ1) is 15.5. The Kier molecular flexibility index (Phi) is 4.04. The molecule has 0 unspecified atom stereocenters. The standard InChI is InChI=1S/C20H15ClN4/c1-13-4-9-18-17(11-13)19(14-5-7-16(21)8-6-14)24-25-20(23-18)15-3-2-10-22-12-15/h2-12H,1H3,(H,23,25). The van der Waals surface area contributed by atoms with Gasteiger partial charge in [0.25, 0.3) is 0 Å². The largest absolute Gasteiger partial charge is 0.264 e. The van der Waals surface area contributed by atoms with E-state index >= 15 is 0 Å². The zero-order valence-electron chi connectivity index (χ0n) is 13.6. The monoisotopic (exact) mass is 346 g/mol. The highest BCUT2D eigenvalue weighted by molar-refractivity contribution is 6.30. The highest BCUT2D eigenvalue weighted by Crippen LogP contribution is 2.27. The van der Waals surface area contributed by atoms with E-state index < -0.39 is 0 Å². The molecule has 0 saturated heterocycles. The summed E-state index contributed by atoms with van der Waals surface area (Å²) in [7, 11) is 0. The Hall–Kier alpha value is -2.98. The minimum Gasteiger partial charge on any atom is -0.264 e. The Morgan fingerprint density at radius 3 is 2.56 bits per heavy atom. The summed E-state index contributed by atoms with van der Waals surface area (Å²) in [5, 5.41) is 5.33. The molecular formula is C20H15ClN4. The van der Waals surface area contributed by atoms with E-state index in [0.717, 1.165) is 33.7 Å². The molecule has 2 aromatic carbocycles. The van der Waals surface area contributed by atoms with Crippen molar-refractivity contribution in [2.24, 2.45) is 10.1 Å². The molecule has 1 N–H and O–H groups in total. The summed E-state index contributed by atoms with van der Waals surface area (Å²) in [6.45, 7) is 2.06. The maximum atomic E-state index is 6.03. The third kappa shape index (κ3) is 3.16. The lowest BCUT2D eigenvalue weighted by Gasteiger charge is -2.08. The third-order valence-corrected chi connectivity index (χ3v) is 4.22. The number of hydrazone groups is 1. The van der Waals surface area contributed by atoms with Gasteiger partial charge in [0.05, 0.1) is 11.4 Å². The molecule has 25 heavy (non-hydrogen) atoms. The predicted molar refractivity (Wildman–Crippen MR) is 102 cm³/mol. The van der Waals surface area contributed by atoms with Crippen LogP contribution in [-0.4, -0.2) is 16.5 Å². The number of aromatic nitrogens is 1. The van der Waals surface area contributed by atoms with Crippen LogP contribution >= 0.6 is 11.6 Å². The number of halogens is 1. The van der Waals surface area contributed by atoms with Crippen molar-refractivity contribution in [1.29, 1.82) is 0 Å². The Morgan fingerprint density at radius 1 is 0.960 bits per heavy atom. The second-order valence-corrected chi connectivity index (χ2v) is 6.24. The number of benzene rings is 2. The van der Waals surface area contributed by atoms with Crippen LogP contribution in [0.4, 0.5) is 5.69 Å². The van der Waals surface area contributed by atoms with E-state index in [2.05, 4.69) is 28.5 Å². The minimum atomic E-state index is 0.669. The molecule has 0 fully saturated rings. The lowest BCUT2D eigenvalue weighted by atomic mass is 9.99. The average Bonchev–Trinajstić information content (AvgIpc) is 2.83. The number of hydrogen-bond acceptors (Lipinski definition) is 4. The molecule has 0 atom stereocenters. The van der Waals surface area contributed by atoms with Gasteiger partial charge >= 0.3 is 0 Å². The fourth-order valence-electron chi connectivity index (χ4n) is 2.71. The maximum absolute atomic E-state index is 6.03. The Labute approximate surface area is 150 Å². The van der Waals surface area contributed by atoms with Gasteiger partial charge in [0.15, 0.2) is 5.84 Å². The van der Waals surface area contributed by atoms with Crippen LogP contribution in [0.2, 0.25) is 5.02 Å². The van der Waals surface area contributed by atoms with E-state index in [4.69, 9.17) is 16.6 Å². The summed E-state index contributed by atoms with van der Waals surface area (Å²) in [6, 6.07) is 17.6. The van der Waals surface area contributed by atoms with Gasteiger partial charge in [0.2, 0.25) is 0 Å². The van der Waals surface area contributed by atoms with Crippen LogP contribution in [0.1, 0.15) is 22.3 Å². The van der Waals surface area contributed by atoms with E-state index in [1.54, 1.807) is 12.4 Å². The summed E-state index contributed by atoms with van der Waals surface area (Å²) in [6.07, 6.45) is 3.50. The molecule has 0 spiro atoms. The first-order valence-corrected chi connectivity index (χ1v) is 8.28. The lowest BCUT2D eigenvalue weighted by Crippen LogP contribution is -2.19. The number of aliphatic imine (C=N–C) groups is 1. The van der Waals surface area contributed by atoms with E-state index in [9.17, 15) is 0 Å². The number of nitrogens with zero attached hydrogens (tertiary/aromatic N) is 3. The molecule has 0 radical (unpaired) electrons. The van der Waals surface area contributed by atoms with Gasteiger partial charge in [-0.1, -0.05) is 35.4 Å². The predicted octanol–water partition coefficient (Wildman–Crippen LogP) is 4.48. The topological polar surface area (TPSA) is 49.6 Å². The number of pyridine rings is 1. The fourth-order valence-corrected chi connectivity index (χ4v) is 2.84. The van der Waals surface area contributed by atoms with Crippen molar-refractivity contribution in [2.75, 3.05) is 0 Å². The Balaban J connectivity index is 1.87. The van der Waals surface area contributed by atoms with Crippen molar-refractivity contribution >= 4 is 28.8 Å². The molecule has 0 bridgehead atoms. The molecule has 0 amide bonds. The van der Waals surface area contributed by atoms with Crippen LogP contribution < -0.4 is 5.43 Å². The van der Waals surface area contributed by atoms with E-state index in [1.165, 1.54) is 0 Å². The molecule has 0 saturated carbocycles. The van der Waals surface area contributed by atoms with Crippen molar-refractivity contribution < 1.29 is 0 Å². The van der Waals surface area contributed by atoms with Crippen molar-refractivity contribution in [3.05, 3.63) is 94.3 Å². The van der Waals surface area contributed by atoms with Gasteiger partial charge in [-0.15, -0.1) is 0 Å². The SMILES string of the molecule is Cc1ccc2c(c1)C(c1ccc(Cl)cc1)=NNC(c1cccnc1)=N2. The summed E-state index contributed by atoms with van der Waals surface area (Å²) in [5.74, 6) is 0.669. The van der Waals surface area contributed by atoms with Crippen LogP contribution in [0.3, 0.4) is 0 Å². The lowest BCUT2D eigenvalue weighted by molar-refractivity contribution is 1.03. The molecular weight excluding hydrogens is 332 g/mol. The average molecular weight is 347 g/mol. The molecule has 4 nitrogen and oxygen atoms in total. The molecule has 1 aliphatic rings. The molecule has 0 aliphatic carbocycles. The molecule has 1 aromatic heterocycles. The van der Waals surface area contributed by atoms with Gasteiger partial charge < -0.3 is 0 Å². The smallest absolute Gasteiger partial charge is 0.155 e. The maximum Gasteiger partial charge on any atom is 0.155 e. The number of fused-ring (bicyclic) bond motifs is 1. The van der Waals surface area contributed by atoms with Gasteiger partial charge in [-0.25, -0.2) is 4.99 Å². The highest BCUT2D eigenvalue weighted by atomic mass is 35.5. The van der Waals surface area contributed by atoms with Gasteiger partial charge in [-0.05, 0) is 43.3 Å². The Bertz CT molecular complexity index is 976. The van der Waals surface area contributed by atoms with Crippen LogP contribution in [0.5, 0.6) is 0 Å². The number of rotatable bonds is 2. The quantitative estimate of drug-likeness (QED) is 0.743. The molecule has 4 rings (SSSR count). The van der Waals surface area contributed by atoms with Crippen molar-refractivity contribution in [1.82, 2.24) is 10.4 Å². The summed E-state index contributed by atoms with van der Waals surface area (Å²) >= 11 is 6.03. The summed E-state index contributed by atoms with van der Waals surface area (Å²) in [5.41, 5.74) is 8.78. The molecule has 1 aliphatic heterocycles. The fraction of sp³-hybridized carbons (Fsp3) is 0.0500. The molecule has 3 aromatic rings. The first-order chi connectivity index (χ1) is 12.2. The van der Waals surface area contributed by atoms with Crippen molar-refractivity contribution in [3.8, 4) is 0 Å². The van der Waals surface area contributed by atoms with E-state index in [0.29, 0.717) is 10.9 Å².